The molecular formula is C30H50O2. The quantitative estimate of drug-likeness (QED) is 0.446. The zero-order valence-electron chi connectivity index (χ0n) is 22.1. The zero-order valence-corrected chi connectivity index (χ0v) is 22.1. The molecule has 5 aliphatic carbocycles. The highest BCUT2D eigenvalue weighted by Gasteiger charge is 2.69. The van der Waals surface area contributed by atoms with Gasteiger partial charge in [-0.15, -0.1) is 0 Å². The lowest BCUT2D eigenvalue weighted by Crippen LogP contribution is -2.65. The van der Waals surface area contributed by atoms with Crippen LogP contribution in [0, 0.1) is 50.7 Å². The number of hydrogen-bond donors (Lipinski definition) is 2. The van der Waals surface area contributed by atoms with Crippen LogP contribution in [0.5, 0.6) is 0 Å². The predicted molar refractivity (Wildman–Crippen MR) is 132 cm³/mol. The standard InChI is InChI=1S/C30H50O2/c1-19(2)20-10-15-30(18-31)17-16-28(6)21(25(20)30)8-9-23-27(5)13-12-24(32)26(3,4)22(27)11-14-29(23,28)7/h19,21-24,31-32H,8-18H2,1-7H3/t21-,22+,23-,24+,27+,28-,29-,30-/m1/s1. The molecule has 0 spiro atoms. The van der Waals surface area contributed by atoms with Gasteiger partial charge in [-0.3, -0.25) is 0 Å². The van der Waals surface area contributed by atoms with Crippen LogP contribution in [-0.2, 0) is 0 Å². The fraction of sp³-hybridized carbons (Fsp3) is 0.933. The van der Waals surface area contributed by atoms with Crippen molar-refractivity contribution >= 4 is 0 Å². The van der Waals surface area contributed by atoms with Crippen LogP contribution in [0.4, 0.5) is 0 Å². The summed E-state index contributed by atoms with van der Waals surface area (Å²) in [6.45, 7) is 17.8. The van der Waals surface area contributed by atoms with E-state index in [4.69, 9.17) is 0 Å². The molecule has 0 aromatic carbocycles. The van der Waals surface area contributed by atoms with E-state index in [2.05, 4.69) is 48.5 Å². The predicted octanol–water partition coefficient (Wildman–Crippen LogP) is 7.14. The van der Waals surface area contributed by atoms with Crippen LogP contribution in [-0.4, -0.2) is 22.9 Å². The summed E-state index contributed by atoms with van der Waals surface area (Å²) < 4.78 is 0. The molecule has 2 heteroatoms. The third-order valence-electron chi connectivity index (χ3n) is 13.1. The maximum absolute atomic E-state index is 10.9. The fourth-order valence-corrected chi connectivity index (χ4v) is 11.0. The number of fused-ring (bicyclic) bond motifs is 7. The Labute approximate surface area is 197 Å². The SMILES string of the molecule is CC(C)C1=C2[C@H]3CC[C@@H]4[C@@]5(C)CC[C@H](O)C(C)(C)[C@@H]5CC[C@@]4(C)[C@]3(C)CC[C@@]2(CO)CC1. The third-order valence-corrected chi connectivity index (χ3v) is 13.1. The van der Waals surface area contributed by atoms with Crippen molar-refractivity contribution < 1.29 is 10.2 Å². The Balaban J connectivity index is 1.58. The molecule has 0 bridgehead atoms. The molecule has 2 N–H and O–H groups in total. The molecule has 32 heavy (non-hydrogen) atoms. The second kappa shape index (κ2) is 7.09. The Morgan fingerprint density at radius 3 is 2.19 bits per heavy atom. The second-order valence-corrected chi connectivity index (χ2v) is 14.5. The summed E-state index contributed by atoms with van der Waals surface area (Å²) in [4.78, 5) is 0. The number of rotatable bonds is 2. The largest absolute Gasteiger partial charge is 0.395 e. The Hall–Kier alpha value is -0.340. The first kappa shape index (κ1) is 23.4. The Morgan fingerprint density at radius 2 is 1.53 bits per heavy atom. The van der Waals surface area contributed by atoms with Gasteiger partial charge in [-0.25, -0.2) is 0 Å². The number of allylic oxidation sites excluding steroid dienone is 1. The molecule has 8 atom stereocenters. The first-order valence-electron chi connectivity index (χ1n) is 13.9. The summed E-state index contributed by atoms with van der Waals surface area (Å²) in [6.07, 6.45) is 12.1. The van der Waals surface area contributed by atoms with Crippen molar-refractivity contribution in [2.75, 3.05) is 6.61 Å². The van der Waals surface area contributed by atoms with E-state index in [-0.39, 0.29) is 16.9 Å². The maximum Gasteiger partial charge on any atom is 0.0594 e. The molecule has 4 saturated carbocycles. The minimum atomic E-state index is -0.144. The molecule has 5 aliphatic rings. The van der Waals surface area contributed by atoms with Crippen LogP contribution < -0.4 is 0 Å². The monoisotopic (exact) mass is 442 g/mol. The molecule has 2 nitrogen and oxygen atoms in total. The van der Waals surface area contributed by atoms with Crippen molar-refractivity contribution in [1.82, 2.24) is 0 Å². The number of aliphatic hydroxyl groups is 2. The molecule has 0 radical (unpaired) electrons. The highest BCUT2D eigenvalue weighted by molar-refractivity contribution is 5.37. The molecule has 0 amide bonds. The molecule has 0 aromatic rings. The second-order valence-electron chi connectivity index (χ2n) is 14.5. The molecule has 5 rings (SSSR count). The Bertz CT molecular complexity index is 810. The zero-order chi connectivity index (χ0) is 23.3. The van der Waals surface area contributed by atoms with Gasteiger partial charge in [0.2, 0.25) is 0 Å². The van der Waals surface area contributed by atoms with Crippen LogP contribution in [0.1, 0.15) is 113 Å². The van der Waals surface area contributed by atoms with Crippen molar-refractivity contribution in [3.05, 3.63) is 11.1 Å². The van der Waals surface area contributed by atoms with Crippen molar-refractivity contribution in [2.24, 2.45) is 50.7 Å². The van der Waals surface area contributed by atoms with Gasteiger partial charge in [-0.1, -0.05) is 59.6 Å². The number of hydrogen-bond acceptors (Lipinski definition) is 2. The van der Waals surface area contributed by atoms with Gasteiger partial charge < -0.3 is 10.2 Å². The minimum Gasteiger partial charge on any atom is -0.395 e. The first-order valence-corrected chi connectivity index (χ1v) is 13.9. The molecule has 0 unspecified atom stereocenters. The highest BCUT2D eigenvalue weighted by Crippen LogP contribution is 2.76. The van der Waals surface area contributed by atoms with Crippen molar-refractivity contribution in [3.8, 4) is 0 Å². The van der Waals surface area contributed by atoms with E-state index in [1.165, 1.54) is 57.8 Å². The highest BCUT2D eigenvalue weighted by atomic mass is 16.3. The normalized spacial score (nSPS) is 52.3. The lowest BCUT2D eigenvalue weighted by Gasteiger charge is -2.72. The van der Waals surface area contributed by atoms with Crippen molar-refractivity contribution in [2.45, 2.75) is 119 Å². The van der Waals surface area contributed by atoms with Crippen LogP contribution in [0.25, 0.3) is 0 Å². The van der Waals surface area contributed by atoms with Gasteiger partial charge >= 0.3 is 0 Å². The molecule has 182 valence electrons. The van der Waals surface area contributed by atoms with Crippen LogP contribution >= 0.6 is 0 Å². The first-order chi connectivity index (χ1) is 14.9. The van der Waals surface area contributed by atoms with E-state index in [1.807, 2.05) is 0 Å². The summed E-state index contributed by atoms with van der Waals surface area (Å²) in [5.74, 6) is 2.66. The summed E-state index contributed by atoms with van der Waals surface area (Å²) in [5.41, 5.74) is 4.60. The lowest BCUT2D eigenvalue weighted by molar-refractivity contribution is -0.229. The average Bonchev–Trinajstić information content (AvgIpc) is 3.12. The average molecular weight is 443 g/mol. The van der Waals surface area contributed by atoms with Crippen LogP contribution in [0.15, 0.2) is 11.1 Å². The van der Waals surface area contributed by atoms with E-state index < -0.39 is 0 Å². The summed E-state index contributed by atoms with van der Waals surface area (Å²) in [6, 6.07) is 0. The summed E-state index contributed by atoms with van der Waals surface area (Å²) in [5, 5.41) is 21.5. The smallest absolute Gasteiger partial charge is 0.0594 e. The van der Waals surface area contributed by atoms with Crippen LogP contribution in [0.2, 0.25) is 0 Å². The molecule has 0 saturated heterocycles. The van der Waals surface area contributed by atoms with Gasteiger partial charge in [0.05, 0.1) is 12.7 Å². The lowest BCUT2D eigenvalue weighted by atomic mass is 9.33. The van der Waals surface area contributed by atoms with E-state index in [0.717, 1.165) is 12.3 Å². The Kier molecular flexibility index (Phi) is 5.19. The molecular weight excluding hydrogens is 392 g/mol. The number of aliphatic hydroxyl groups excluding tert-OH is 2. The van der Waals surface area contributed by atoms with E-state index in [9.17, 15) is 10.2 Å². The molecule has 0 heterocycles. The van der Waals surface area contributed by atoms with Crippen LogP contribution in [0.3, 0.4) is 0 Å². The van der Waals surface area contributed by atoms with Gasteiger partial charge in [0.15, 0.2) is 0 Å². The fourth-order valence-electron chi connectivity index (χ4n) is 11.0. The maximum atomic E-state index is 10.9. The van der Waals surface area contributed by atoms with E-state index in [0.29, 0.717) is 40.6 Å². The van der Waals surface area contributed by atoms with Gasteiger partial charge in [0, 0.05) is 5.41 Å². The van der Waals surface area contributed by atoms with E-state index >= 15 is 0 Å². The molecule has 4 fully saturated rings. The van der Waals surface area contributed by atoms with Crippen molar-refractivity contribution in [1.29, 1.82) is 0 Å². The van der Waals surface area contributed by atoms with Gasteiger partial charge in [0.25, 0.3) is 0 Å². The van der Waals surface area contributed by atoms with Crippen molar-refractivity contribution in [3.63, 3.8) is 0 Å². The topological polar surface area (TPSA) is 40.5 Å². The third kappa shape index (κ3) is 2.66. The summed E-state index contributed by atoms with van der Waals surface area (Å²) >= 11 is 0. The van der Waals surface area contributed by atoms with E-state index in [1.54, 1.807) is 11.1 Å². The summed E-state index contributed by atoms with van der Waals surface area (Å²) in [7, 11) is 0. The molecule has 0 aromatic heterocycles. The van der Waals surface area contributed by atoms with Gasteiger partial charge in [0.1, 0.15) is 0 Å². The van der Waals surface area contributed by atoms with Gasteiger partial charge in [-0.2, -0.15) is 0 Å². The van der Waals surface area contributed by atoms with Gasteiger partial charge in [-0.05, 0) is 110 Å². The minimum absolute atomic E-state index is 0.0312. The molecule has 0 aliphatic heterocycles. The Morgan fingerprint density at radius 1 is 0.812 bits per heavy atom.